The first-order valence-electron chi connectivity index (χ1n) is 4.38. The second-order valence-electron chi connectivity index (χ2n) is 2.85. The molecular formula is C10H12NO2S2+. The molecule has 0 aliphatic carbocycles. The molecular weight excluding hydrogens is 230 g/mol. The van der Waals surface area contributed by atoms with Crippen molar-refractivity contribution in [3.05, 3.63) is 17.6 Å². The number of benzene rings is 1. The van der Waals surface area contributed by atoms with Gasteiger partial charge in [0.05, 0.1) is 23.7 Å². The third kappa shape index (κ3) is 1.66. The lowest BCUT2D eigenvalue weighted by molar-refractivity contribution is 0.358. The zero-order valence-electron chi connectivity index (χ0n) is 8.81. The van der Waals surface area contributed by atoms with Crippen LogP contribution in [-0.4, -0.2) is 25.5 Å². The minimum absolute atomic E-state index is 0.0581. The molecule has 0 saturated heterocycles. The van der Waals surface area contributed by atoms with Gasteiger partial charge < -0.3 is 9.47 Å². The smallest absolute Gasteiger partial charge is 0.243 e. The molecule has 0 bridgehead atoms. The summed E-state index contributed by atoms with van der Waals surface area (Å²) in [6.45, 7) is 0. The van der Waals surface area contributed by atoms with Crippen LogP contribution in [0, 0.1) is 0 Å². The molecule has 5 heteroatoms. The lowest BCUT2D eigenvalue weighted by Crippen LogP contribution is -1.90. The third-order valence-corrected chi connectivity index (χ3v) is 5.45. The standard InChI is InChI=1S/C10H12NO2S2/c1-12-7-4-5-8-9(10(7)13-2)11-6-15(8)14-3/h4-6H,1-3H3/q+1. The lowest BCUT2D eigenvalue weighted by Gasteiger charge is -2.05. The van der Waals surface area contributed by atoms with E-state index in [9.17, 15) is 0 Å². The third-order valence-electron chi connectivity index (χ3n) is 2.16. The molecule has 15 heavy (non-hydrogen) atoms. The molecule has 80 valence electrons. The van der Waals surface area contributed by atoms with Crippen molar-refractivity contribution in [2.24, 2.45) is 0 Å². The number of ether oxygens (including phenoxy) is 2. The van der Waals surface area contributed by atoms with Gasteiger partial charge in [-0.25, -0.2) is 0 Å². The molecule has 1 aromatic carbocycles. The first-order valence-corrected chi connectivity index (χ1v) is 7.41. The van der Waals surface area contributed by atoms with E-state index in [1.807, 2.05) is 11.6 Å². The van der Waals surface area contributed by atoms with Crippen molar-refractivity contribution in [2.75, 3.05) is 20.5 Å². The molecule has 0 fully saturated rings. The zero-order valence-corrected chi connectivity index (χ0v) is 10.4. The highest BCUT2D eigenvalue weighted by molar-refractivity contribution is 8.46. The summed E-state index contributed by atoms with van der Waals surface area (Å²) < 4.78 is 11.8. The Labute approximate surface area is 94.8 Å². The van der Waals surface area contributed by atoms with Gasteiger partial charge in [0.1, 0.15) is 10.8 Å². The topological polar surface area (TPSA) is 31.4 Å². The fourth-order valence-electron chi connectivity index (χ4n) is 1.47. The van der Waals surface area contributed by atoms with Gasteiger partial charge in [-0.1, -0.05) is 0 Å². The average Bonchev–Trinajstić information content (AvgIpc) is 2.70. The van der Waals surface area contributed by atoms with Gasteiger partial charge in [0.25, 0.3) is 0 Å². The number of rotatable bonds is 3. The normalized spacial score (nSPS) is 11.8. The number of nitrogens with zero attached hydrogens (tertiary/aromatic N) is 1. The van der Waals surface area contributed by atoms with Gasteiger partial charge in [-0.3, -0.25) is 0 Å². The van der Waals surface area contributed by atoms with E-state index in [0.29, 0.717) is 0 Å². The van der Waals surface area contributed by atoms with Crippen LogP contribution in [0.2, 0.25) is 0 Å². The van der Waals surface area contributed by atoms with Crippen LogP contribution in [-0.2, 0) is 0 Å². The van der Waals surface area contributed by atoms with Gasteiger partial charge in [0.2, 0.25) is 10.2 Å². The summed E-state index contributed by atoms with van der Waals surface area (Å²) in [6, 6.07) is 3.99. The van der Waals surface area contributed by atoms with Crippen molar-refractivity contribution in [3.8, 4) is 11.5 Å². The Morgan fingerprint density at radius 1 is 1.27 bits per heavy atom. The summed E-state index contributed by atoms with van der Waals surface area (Å²) in [5.74, 6) is 1.47. The minimum Gasteiger partial charge on any atom is -0.493 e. The van der Waals surface area contributed by atoms with Crippen molar-refractivity contribution in [2.45, 2.75) is 0 Å². The number of aromatic nitrogens is 1. The van der Waals surface area contributed by atoms with E-state index >= 15 is 0 Å². The van der Waals surface area contributed by atoms with Crippen LogP contribution >= 0.6 is 20.3 Å². The van der Waals surface area contributed by atoms with Gasteiger partial charge in [0, 0.05) is 12.3 Å². The summed E-state index contributed by atoms with van der Waals surface area (Å²) in [7, 11) is 5.13. The lowest BCUT2D eigenvalue weighted by atomic mass is 10.3. The first-order chi connectivity index (χ1) is 7.31. The molecule has 0 aliphatic rings. The number of fused-ring (bicyclic) bond motifs is 1. The Morgan fingerprint density at radius 2 is 2.07 bits per heavy atom. The van der Waals surface area contributed by atoms with Crippen LogP contribution in [0.15, 0.2) is 17.6 Å². The van der Waals surface area contributed by atoms with Gasteiger partial charge in [0.15, 0.2) is 17.0 Å². The average molecular weight is 242 g/mol. The Morgan fingerprint density at radius 3 is 2.67 bits per heavy atom. The molecule has 0 amide bonds. The minimum atomic E-state index is 0.0581. The second kappa shape index (κ2) is 4.28. The van der Waals surface area contributed by atoms with Gasteiger partial charge in [-0.15, -0.1) is 0 Å². The fraction of sp³-hybridized carbons (Fsp3) is 0.300. The van der Waals surface area contributed by atoms with Crippen LogP contribution < -0.4 is 9.47 Å². The number of hydrogen-bond acceptors (Lipinski definition) is 4. The Hall–Kier alpha value is -0.940. The molecule has 2 rings (SSSR count). The molecule has 3 nitrogen and oxygen atoms in total. The Bertz CT molecular complexity index is 481. The molecule has 0 saturated carbocycles. The largest absolute Gasteiger partial charge is 0.493 e. The molecule has 0 N–H and O–H groups in total. The summed E-state index contributed by atoms with van der Waals surface area (Å²) in [5, 5.41) is 0. The van der Waals surface area contributed by atoms with Crippen LogP contribution in [0.1, 0.15) is 0 Å². The highest BCUT2D eigenvalue weighted by Gasteiger charge is 2.20. The van der Waals surface area contributed by atoms with Crippen LogP contribution in [0.3, 0.4) is 0 Å². The quantitative estimate of drug-likeness (QED) is 0.611. The maximum absolute atomic E-state index is 5.33. The molecule has 1 atom stereocenters. The Balaban J connectivity index is 2.72. The van der Waals surface area contributed by atoms with E-state index in [4.69, 9.17) is 9.47 Å². The van der Waals surface area contributed by atoms with Crippen molar-refractivity contribution >= 4 is 30.5 Å². The second-order valence-corrected chi connectivity index (χ2v) is 6.50. The predicted octanol–water partition coefficient (Wildman–Crippen LogP) is 3.13. The van der Waals surface area contributed by atoms with E-state index in [0.717, 1.165) is 17.0 Å². The fourth-order valence-corrected chi connectivity index (χ4v) is 3.92. The van der Waals surface area contributed by atoms with Gasteiger partial charge >= 0.3 is 0 Å². The summed E-state index contributed by atoms with van der Waals surface area (Å²) in [5.41, 5.74) is 2.88. The molecule has 0 aliphatic heterocycles. The van der Waals surface area contributed by atoms with Gasteiger partial charge in [-0.2, -0.15) is 4.98 Å². The highest BCUT2D eigenvalue weighted by atomic mass is 33.1. The number of hydrogen-bond donors (Lipinski definition) is 0. The maximum atomic E-state index is 5.33. The maximum Gasteiger partial charge on any atom is 0.243 e. The summed E-state index contributed by atoms with van der Waals surface area (Å²) in [6.07, 6.45) is 2.08. The highest BCUT2D eigenvalue weighted by Crippen LogP contribution is 2.44. The molecule has 0 spiro atoms. The van der Waals surface area contributed by atoms with Crippen molar-refractivity contribution in [1.82, 2.24) is 4.98 Å². The van der Waals surface area contributed by atoms with Crippen molar-refractivity contribution < 1.29 is 9.47 Å². The Kier molecular flexibility index (Phi) is 3.02. The van der Waals surface area contributed by atoms with Crippen LogP contribution in [0.5, 0.6) is 11.5 Å². The van der Waals surface area contributed by atoms with Crippen molar-refractivity contribution in [3.63, 3.8) is 0 Å². The van der Waals surface area contributed by atoms with E-state index in [2.05, 4.69) is 17.3 Å². The van der Waals surface area contributed by atoms with E-state index in [1.165, 1.54) is 4.70 Å². The molecule has 1 heterocycles. The van der Waals surface area contributed by atoms with E-state index in [-0.39, 0.29) is 9.50 Å². The predicted molar refractivity (Wildman–Crippen MR) is 66.2 cm³/mol. The van der Waals surface area contributed by atoms with Crippen LogP contribution in [0.4, 0.5) is 0 Å². The van der Waals surface area contributed by atoms with E-state index in [1.54, 1.807) is 25.0 Å². The molecule has 0 radical (unpaired) electrons. The monoisotopic (exact) mass is 242 g/mol. The SMILES string of the molecule is COc1ccc2c(nc[s+]2SC)c1OC. The van der Waals surface area contributed by atoms with E-state index < -0.39 is 0 Å². The first kappa shape index (κ1) is 10.6. The van der Waals surface area contributed by atoms with Gasteiger partial charge in [-0.05, 0) is 6.07 Å². The number of methoxy groups -OCH3 is 2. The molecule has 2 aromatic rings. The van der Waals surface area contributed by atoms with Crippen LogP contribution in [0.25, 0.3) is 10.2 Å². The summed E-state index contributed by atoms with van der Waals surface area (Å²) >= 11 is 0. The van der Waals surface area contributed by atoms with Crippen molar-refractivity contribution in [1.29, 1.82) is 0 Å². The molecule has 1 aromatic heterocycles. The molecule has 1 unspecified atom stereocenters. The number of thiazole rings is 1. The zero-order chi connectivity index (χ0) is 10.8. The summed E-state index contributed by atoms with van der Waals surface area (Å²) in [4.78, 5) is 4.39.